The molecular weight excluding hydrogens is 327 g/mol. The van der Waals surface area contributed by atoms with Gasteiger partial charge < -0.3 is 14.9 Å². The van der Waals surface area contributed by atoms with Gasteiger partial charge in [-0.05, 0) is 30.5 Å². The zero-order valence-electron chi connectivity index (χ0n) is 14.1. The molecule has 1 N–H and O–H groups in total. The monoisotopic (exact) mass is 348 g/mol. The van der Waals surface area contributed by atoms with Crippen molar-refractivity contribution in [3.63, 3.8) is 0 Å². The van der Waals surface area contributed by atoms with E-state index in [4.69, 9.17) is 0 Å². The molecule has 1 aromatic rings. The predicted molar refractivity (Wildman–Crippen MR) is 87.2 cm³/mol. The third kappa shape index (κ3) is 3.10. The summed E-state index contributed by atoms with van der Waals surface area (Å²) in [6, 6.07) is 5.95. The molecule has 0 saturated carbocycles. The zero-order valence-corrected chi connectivity index (χ0v) is 14.1. The molecule has 0 unspecified atom stereocenters. The topological polar surface area (TPSA) is 77.9 Å². The van der Waals surface area contributed by atoms with Crippen molar-refractivity contribution in [3.8, 4) is 0 Å². The first kappa shape index (κ1) is 17.4. The standard InChI is InChI=1S/C18H21FN2O4/c1-20-15(22)11-14(17(24)25)18(20)5-7-21(8-6-18)16(23)10-12-3-2-4-13(19)9-12/h2-4,9,14H,5-8,10-11H2,1H3,(H,24,25)/t14-/m1/s1. The number of carbonyl (C=O) groups is 3. The molecule has 25 heavy (non-hydrogen) atoms. The number of hydrogen-bond donors (Lipinski definition) is 1. The molecule has 0 aliphatic carbocycles. The Morgan fingerprint density at radius 1 is 1.32 bits per heavy atom. The first-order valence-corrected chi connectivity index (χ1v) is 8.35. The Bertz CT molecular complexity index is 713. The maximum Gasteiger partial charge on any atom is 0.309 e. The first-order valence-electron chi connectivity index (χ1n) is 8.35. The molecule has 2 aliphatic heterocycles. The summed E-state index contributed by atoms with van der Waals surface area (Å²) in [4.78, 5) is 39.2. The second kappa shape index (κ2) is 6.46. The van der Waals surface area contributed by atoms with Gasteiger partial charge in [-0.15, -0.1) is 0 Å². The Balaban J connectivity index is 1.67. The minimum absolute atomic E-state index is 0.0169. The van der Waals surface area contributed by atoms with E-state index in [0.29, 0.717) is 31.5 Å². The van der Waals surface area contributed by atoms with E-state index in [0.717, 1.165) is 0 Å². The van der Waals surface area contributed by atoms with Crippen LogP contribution in [0.2, 0.25) is 0 Å². The van der Waals surface area contributed by atoms with E-state index in [1.807, 2.05) is 0 Å². The van der Waals surface area contributed by atoms with Crippen molar-refractivity contribution in [2.24, 2.45) is 5.92 Å². The van der Waals surface area contributed by atoms with Gasteiger partial charge in [0, 0.05) is 26.6 Å². The third-order valence-electron chi connectivity index (χ3n) is 5.59. The number of rotatable bonds is 3. The average Bonchev–Trinajstić information content (AvgIpc) is 2.81. The molecule has 2 saturated heterocycles. The Kier molecular flexibility index (Phi) is 4.49. The van der Waals surface area contributed by atoms with Crippen molar-refractivity contribution in [1.82, 2.24) is 9.80 Å². The lowest BCUT2D eigenvalue weighted by atomic mass is 9.77. The smallest absolute Gasteiger partial charge is 0.309 e. The number of carboxylic acid groups (broad SMARTS) is 1. The largest absolute Gasteiger partial charge is 0.481 e. The van der Waals surface area contributed by atoms with Gasteiger partial charge in [0.1, 0.15) is 5.82 Å². The maximum absolute atomic E-state index is 13.2. The molecule has 3 rings (SSSR count). The second-order valence-corrected chi connectivity index (χ2v) is 6.84. The van der Waals surface area contributed by atoms with Crippen LogP contribution in [0.25, 0.3) is 0 Å². The van der Waals surface area contributed by atoms with Gasteiger partial charge >= 0.3 is 5.97 Å². The molecule has 134 valence electrons. The van der Waals surface area contributed by atoms with Gasteiger partial charge in [0.25, 0.3) is 0 Å². The summed E-state index contributed by atoms with van der Waals surface area (Å²) in [6.07, 6.45) is 1.02. The highest BCUT2D eigenvalue weighted by Gasteiger charge is 2.55. The van der Waals surface area contributed by atoms with Crippen LogP contribution in [0.1, 0.15) is 24.8 Å². The number of carbonyl (C=O) groups excluding carboxylic acids is 2. The van der Waals surface area contributed by atoms with Crippen LogP contribution in [-0.2, 0) is 20.8 Å². The molecule has 2 aliphatic rings. The molecule has 0 radical (unpaired) electrons. The molecule has 2 amide bonds. The second-order valence-electron chi connectivity index (χ2n) is 6.84. The van der Waals surface area contributed by atoms with E-state index in [1.54, 1.807) is 29.0 Å². The molecule has 6 nitrogen and oxygen atoms in total. The number of carboxylic acids is 1. The van der Waals surface area contributed by atoms with Crippen molar-refractivity contribution in [2.75, 3.05) is 20.1 Å². The molecule has 1 atom stereocenters. The highest BCUT2D eigenvalue weighted by Crippen LogP contribution is 2.42. The Hall–Kier alpha value is -2.44. The summed E-state index contributed by atoms with van der Waals surface area (Å²) in [7, 11) is 1.65. The molecule has 1 aromatic carbocycles. The highest BCUT2D eigenvalue weighted by molar-refractivity contribution is 5.88. The Morgan fingerprint density at radius 2 is 2.00 bits per heavy atom. The van der Waals surface area contributed by atoms with E-state index in [1.165, 1.54) is 12.1 Å². The molecule has 7 heteroatoms. The quantitative estimate of drug-likeness (QED) is 0.893. The van der Waals surface area contributed by atoms with Crippen LogP contribution in [0, 0.1) is 11.7 Å². The fraction of sp³-hybridized carbons (Fsp3) is 0.500. The number of piperidine rings is 1. The van der Waals surface area contributed by atoms with E-state index < -0.39 is 17.4 Å². The van der Waals surface area contributed by atoms with Gasteiger partial charge in [-0.2, -0.15) is 0 Å². The lowest BCUT2D eigenvalue weighted by molar-refractivity contribution is -0.146. The van der Waals surface area contributed by atoms with Crippen molar-refractivity contribution in [3.05, 3.63) is 35.6 Å². The van der Waals surface area contributed by atoms with E-state index in [9.17, 15) is 23.9 Å². The molecule has 2 heterocycles. The van der Waals surface area contributed by atoms with Crippen LogP contribution >= 0.6 is 0 Å². The van der Waals surface area contributed by atoms with Crippen LogP contribution in [0.15, 0.2) is 24.3 Å². The predicted octanol–water partition coefficient (Wildman–Crippen LogP) is 1.29. The lowest BCUT2D eigenvalue weighted by Crippen LogP contribution is -2.57. The van der Waals surface area contributed by atoms with Crippen LogP contribution in [0.3, 0.4) is 0 Å². The third-order valence-corrected chi connectivity index (χ3v) is 5.59. The molecule has 0 aromatic heterocycles. The van der Waals surface area contributed by atoms with Crippen LogP contribution in [-0.4, -0.2) is 58.4 Å². The number of hydrogen-bond acceptors (Lipinski definition) is 3. The normalized spacial score (nSPS) is 22.5. The summed E-state index contributed by atoms with van der Waals surface area (Å²) < 4.78 is 13.2. The minimum atomic E-state index is -0.961. The number of amides is 2. The summed E-state index contributed by atoms with van der Waals surface area (Å²) in [6.45, 7) is 0.797. The summed E-state index contributed by atoms with van der Waals surface area (Å²) >= 11 is 0. The number of halogens is 1. The molecular formula is C18H21FN2O4. The van der Waals surface area contributed by atoms with Gasteiger partial charge in [0.15, 0.2) is 0 Å². The Labute approximate surface area is 145 Å². The number of benzene rings is 1. The number of aliphatic carboxylic acids is 1. The molecule has 0 bridgehead atoms. The molecule has 2 fully saturated rings. The van der Waals surface area contributed by atoms with Crippen LogP contribution in [0.4, 0.5) is 4.39 Å². The zero-order chi connectivity index (χ0) is 18.2. The Morgan fingerprint density at radius 3 is 2.60 bits per heavy atom. The van der Waals surface area contributed by atoms with Crippen molar-refractivity contribution < 1.29 is 23.9 Å². The van der Waals surface area contributed by atoms with Crippen LogP contribution < -0.4 is 0 Å². The summed E-state index contributed by atoms with van der Waals surface area (Å²) in [5, 5.41) is 9.47. The van der Waals surface area contributed by atoms with Crippen molar-refractivity contribution >= 4 is 17.8 Å². The van der Waals surface area contributed by atoms with Crippen molar-refractivity contribution in [1.29, 1.82) is 0 Å². The number of likely N-dealkylation sites (tertiary alicyclic amines) is 2. The molecule has 1 spiro atoms. The first-order chi connectivity index (χ1) is 11.8. The highest BCUT2D eigenvalue weighted by atomic mass is 19.1. The SMILES string of the molecule is CN1C(=O)C[C@H](C(=O)O)C12CCN(C(=O)Cc1cccc(F)c1)CC2. The van der Waals surface area contributed by atoms with Gasteiger partial charge in [-0.3, -0.25) is 14.4 Å². The lowest BCUT2D eigenvalue weighted by Gasteiger charge is -2.45. The van der Waals surface area contributed by atoms with Gasteiger partial charge in [-0.25, -0.2) is 4.39 Å². The maximum atomic E-state index is 13.2. The summed E-state index contributed by atoms with van der Waals surface area (Å²) in [5.41, 5.74) is -0.0969. The van der Waals surface area contributed by atoms with Crippen molar-refractivity contribution in [2.45, 2.75) is 31.2 Å². The van der Waals surface area contributed by atoms with Gasteiger partial charge in [0.2, 0.25) is 11.8 Å². The fourth-order valence-corrected chi connectivity index (χ4v) is 4.06. The number of nitrogens with zero attached hydrogens (tertiary/aromatic N) is 2. The minimum Gasteiger partial charge on any atom is -0.481 e. The van der Waals surface area contributed by atoms with Gasteiger partial charge in [-0.1, -0.05) is 12.1 Å². The van der Waals surface area contributed by atoms with Gasteiger partial charge in [0.05, 0.1) is 17.9 Å². The average molecular weight is 348 g/mol. The van der Waals surface area contributed by atoms with Crippen LogP contribution in [0.5, 0.6) is 0 Å². The van der Waals surface area contributed by atoms with E-state index in [2.05, 4.69) is 0 Å². The summed E-state index contributed by atoms with van der Waals surface area (Å²) in [5.74, 6) is -2.34. The van der Waals surface area contributed by atoms with E-state index in [-0.39, 0.29) is 30.5 Å². The fourth-order valence-electron chi connectivity index (χ4n) is 4.06. The van der Waals surface area contributed by atoms with E-state index >= 15 is 0 Å².